The predicted octanol–water partition coefficient (Wildman–Crippen LogP) is 3.77. The van der Waals surface area contributed by atoms with Crippen molar-refractivity contribution in [2.45, 2.75) is 64.0 Å². The first-order valence-electron chi connectivity index (χ1n) is 6.19. The summed E-state index contributed by atoms with van der Waals surface area (Å²) in [6, 6.07) is 0. The van der Waals surface area contributed by atoms with Gasteiger partial charge in [-0.05, 0) is 33.6 Å². The second-order valence-electron chi connectivity index (χ2n) is 5.88. The molecule has 1 saturated carbocycles. The van der Waals surface area contributed by atoms with Crippen LogP contribution in [-0.4, -0.2) is 29.7 Å². The molecule has 96 valence electrons. The molecule has 16 heavy (non-hydrogen) atoms. The van der Waals surface area contributed by atoms with Gasteiger partial charge in [0.15, 0.2) is 0 Å². The molecule has 2 nitrogen and oxygen atoms in total. The molecule has 3 atom stereocenters. The lowest BCUT2D eigenvalue weighted by Gasteiger charge is -2.51. The van der Waals surface area contributed by atoms with Gasteiger partial charge in [-0.3, -0.25) is 0 Å². The lowest BCUT2D eigenvalue weighted by Crippen LogP contribution is -2.53. The summed E-state index contributed by atoms with van der Waals surface area (Å²) in [5.74, 6) is 0. The second-order valence-corrected chi connectivity index (χ2v) is 6.99. The van der Waals surface area contributed by atoms with Crippen molar-refractivity contribution in [3.63, 3.8) is 0 Å². The van der Waals surface area contributed by atoms with E-state index in [9.17, 15) is 0 Å². The Bertz CT molecular complexity index is 224. The van der Waals surface area contributed by atoms with Crippen molar-refractivity contribution in [1.29, 1.82) is 0 Å². The summed E-state index contributed by atoms with van der Waals surface area (Å²) in [5, 5.41) is 0. The zero-order chi connectivity index (χ0) is 12.4. The molecule has 0 aliphatic heterocycles. The molecule has 0 N–H and O–H groups in total. The molecular formula is C13H25BrO2. The van der Waals surface area contributed by atoms with Gasteiger partial charge in [-0.1, -0.05) is 29.8 Å². The highest BCUT2D eigenvalue weighted by atomic mass is 79.9. The average molecular weight is 293 g/mol. The number of ether oxygens (including phenoxy) is 2. The lowest BCUT2D eigenvalue weighted by molar-refractivity contribution is -0.120. The summed E-state index contributed by atoms with van der Waals surface area (Å²) >= 11 is 3.71. The zero-order valence-corrected chi connectivity index (χ0v) is 12.8. The van der Waals surface area contributed by atoms with Crippen molar-refractivity contribution in [2.24, 2.45) is 5.41 Å². The molecule has 0 saturated heterocycles. The number of hydrogen-bond donors (Lipinski definition) is 0. The van der Waals surface area contributed by atoms with E-state index in [0.717, 1.165) is 12.8 Å². The van der Waals surface area contributed by atoms with Gasteiger partial charge in [-0.25, -0.2) is 0 Å². The third kappa shape index (κ3) is 3.44. The molecule has 0 aromatic carbocycles. The molecule has 0 bridgehead atoms. The van der Waals surface area contributed by atoms with Crippen molar-refractivity contribution in [3.8, 4) is 0 Å². The molecule has 0 spiro atoms. The Morgan fingerprint density at radius 2 is 1.94 bits per heavy atom. The van der Waals surface area contributed by atoms with Crippen LogP contribution in [0.5, 0.6) is 0 Å². The van der Waals surface area contributed by atoms with Gasteiger partial charge in [0.1, 0.15) is 0 Å². The predicted molar refractivity (Wildman–Crippen MR) is 71.2 cm³/mol. The molecule has 0 radical (unpaired) electrons. The largest absolute Gasteiger partial charge is 0.375 e. The minimum atomic E-state index is -0.0605. The van der Waals surface area contributed by atoms with E-state index < -0.39 is 0 Å². The van der Waals surface area contributed by atoms with Crippen LogP contribution in [0.1, 0.15) is 47.5 Å². The average Bonchev–Trinajstić information content (AvgIpc) is 2.19. The van der Waals surface area contributed by atoms with Gasteiger partial charge >= 0.3 is 0 Å². The normalized spacial score (nSPS) is 34.9. The molecule has 1 aliphatic carbocycles. The fourth-order valence-corrected chi connectivity index (χ4v) is 2.97. The van der Waals surface area contributed by atoms with Crippen molar-refractivity contribution < 1.29 is 9.47 Å². The first-order chi connectivity index (χ1) is 7.29. The monoisotopic (exact) mass is 292 g/mol. The van der Waals surface area contributed by atoms with E-state index >= 15 is 0 Å². The number of hydrogen-bond acceptors (Lipinski definition) is 2. The number of halogens is 1. The maximum absolute atomic E-state index is 5.90. The van der Waals surface area contributed by atoms with Crippen LogP contribution >= 0.6 is 15.9 Å². The summed E-state index contributed by atoms with van der Waals surface area (Å²) in [7, 11) is 0. The molecule has 3 unspecified atom stereocenters. The Morgan fingerprint density at radius 1 is 1.31 bits per heavy atom. The van der Waals surface area contributed by atoms with Gasteiger partial charge in [0.25, 0.3) is 0 Å². The van der Waals surface area contributed by atoms with E-state index in [2.05, 4.69) is 50.5 Å². The van der Waals surface area contributed by atoms with E-state index in [1.165, 1.54) is 0 Å². The summed E-state index contributed by atoms with van der Waals surface area (Å²) in [6.45, 7) is 12.1. The summed E-state index contributed by atoms with van der Waals surface area (Å²) in [4.78, 5) is 0.610. The Labute approximate surface area is 108 Å². The van der Waals surface area contributed by atoms with Gasteiger partial charge < -0.3 is 9.47 Å². The lowest BCUT2D eigenvalue weighted by atomic mass is 9.66. The summed E-state index contributed by atoms with van der Waals surface area (Å²) in [6.07, 6.45) is 2.68. The molecule has 1 aliphatic rings. The smallest absolute Gasteiger partial charge is 0.0707 e. The van der Waals surface area contributed by atoms with Crippen LogP contribution in [-0.2, 0) is 9.47 Å². The van der Waals surface area contributed by atoms with Crippen molar-refractivity contribution in [3.05, 3.63) is 0 Å². The fourth-order valence-electron chi connectivity index (χ4n) is 2.01. The maximum Gasteiger partial charge on any atom is 0.0707 e. The number of rotatable bonds is 5. The molecule has 0 aromatic rings. The molecule has 0 amide bonds. The zero-order valence-electron chi connectivity index (χ0n) is 11.2. The Hall–Kier alpha value is 0.400. The Morgan fingerprint density at radius 3 is 2.38 bits per heavy atom. The van der Waals surface area contributed by atoms with E-state index in [-0.39, 0.29) is 5.60 Å². The molecule has 0 aromatic heterocycles. The highest BCUT2D eigenvalue weighted by molar-refractivity contribution is 9.09. The molecular weight excluding hydrogens is 268 g/mol. The van der Waals surface area contributed by atoms with Crippen LogP contribution in [0, 0.1) is 5.41 Å². The van der Waals surface area contributed by atoms with Gasteiger partial charge in [0.2, 0.25) is 0 Å². The first-order valence-corrected chi connectivity index (χ1v) is 7.11. The van der Waals surface area contributed by atoms with Gasteiger partial charge in [0, 0.05) is 10.2 Å². The van der Waals surface area contributed by atoms with Gasteiger partial charge in [-0.2, -0.15) is 0 Å². The topological polar surface area (TPSA) is 18.5 Å². The van der Waals surface area contributed by atoms with Crippen LogP contribution in [0.2, 0.25) is 0 Å². The van der Waals surface area contributed by atoms with Crippen LogP contribution < -0.4 is 0 Å². The summed E-state index contributed by atoms with van der Waals surface area (Å²) in [5.41, 5.74) is 0.247. The van der Waals surface area contributed by atoms with Crippen LogP contribution in [0.3, 0.4) is 0 Å². The standard InChI is InChI=1S/C13H25BrO2/c1-6-13(5)10(14)9-11(13)15-7-8-16-12(2,3)4/h10-11H,6-9H2,1-5H3. The Balaban J connectivity index is 2.20. The third-order valence-corrected chi connectivity index (χ3v) is 4.99. The first kappa shape index (κ1) is 14.5. The molecule has 1 fully saturated rings. The Kier molecular flexibility index (Phi) is 4.85. The van der Waals surface area contributed by atoms with E-state index in [4.69, 9.17) is 9.47 Å². The quantitative estimate of drug-likeness (QED) is 0.567. The molecule has 0 heterocycles. The van der Waals surface area contributed by atoms with E-state index in [1.54, 1.807) is 0 Å². The maximum atomic E-state index is 5.90. The van der Waals surface area contributed by atoms with Gasteiger partial charge in [0.05, 0.1) is 24.9 Å². The minimum absolute atomic E-state index is 0.0605. The van der Waals surface area contributed by atoms with Crippen molar-refractivity contribution >= 4 is 15.9 Å². The number of alkyl halides is 1. The van der Waals surface area contributed by atoms with Crippen LogP contribution in [0.4, 0.5) is 0 Å². The van der Waals surface area contributed by atoms with E-state index in [1.807, 2.05) is 0 Å². The highest BCUT2D eigenvalue weighted by Crippen LogP contribution is 2.49. The second kappa shape index (κ2) is 5.36. The molecule has 1 rings (SSSR count). The van der Waals surface area contributed by atoms with Crippen molar-refractivity contribution in [1.82, 2.24) is 0 Å². The minimum Gasteiger partial charge on any atom is -0.375 e. The third-order valence-electron chi connectivity index (χ3n) is 3.57. The van der Waals surface area contributed by atoms with Gasteiger partial charge in [-0.15, -0.1) is 0 Å². The highest BCUT2D eigenvalue weighted by Gasteiger charge is 2.49. The fraction of sp³-hybridized carbons (Fsp3) is 1.00. The van der Waals surface area contributed by atoms with E-state index in [0.29, 0.717) is 29.6 Å². The summed E-state index contributed by atoms with van der Waals surface area (Å²) < 4.78 is 11.5. The van der Waals surface area contributed by atoms with Crippen molar-refractivity contribution in [2.75, 3.05) is 13.2 Å². The van der Waals surface area contributed by atoms with Crippen LogP contribution in [0.15, 0.2) is 0 Å². The van der Waals surface area contributed by atoms with Crippen LogP contribution in [0.25, 0.3) is 0 Å². The molecule has 3 heteroatoms. The SMILES string of the molecule is CCC1(C)C(Br)CC1OCCOC(C)(C)C.